The summed E-state index contributed by atoms with van der Waals surface area (Å²) >= 11 is 0. The van der Waals surface area contributed by atoms with Gasteiger partial charge in [0.2, 0.25) is 0 Å². The summed E-state index contributed by atoms with van der Waals surface area (Å²) in [5, 5.41) is 0.0197. The minimum atomic E-state index is -2.35. The zero-order chi connectivity index (χ0) is 10.6. The third-order valence-electron chi connectivity index (χ3n) is 2.54. The van der Waals surface area contributed by atoms with E-state index in [1.807, 2.05) is 20.8 Å². The lowest BCUT2D eigenvalue weighted by Gasteiger charge is -2.19. The summed E-state index contributed by atoms with van der Waals surface area (Å²) in [4.78, 5) is 0. The molecule has 3 heteroatoms. The van der Waals surface area contributed by atoms with Crippen LogP contribution in [0.3, 0.4) is 0 Å². The second kappa shape index (κ2) is 4.99. The number of hydrogen-bond donors (Lipinski definition) is 1. The van der Waals surface area contributed by atoms with Crippen LogP contribution in [0.1, 0.15) is 41.0 Å². The Morgan fingerprint density at radius 1 is 1.15 bits per heavy atom. The van der Waals surface area contributed by atoms with Gasteiger partial charge in [-0.05, 0) is 25.2 Å². The van der Waals surface area contributed by atoms with Gasteiger partial charge in [-0.2, -0.15) is 0 Å². The molecule has 0 spiro atoms. The standard InChI is InChI=1S/C10H23NOS/c1-8(2)6-7-13(11,12)10(5)9(3)4/h8-11H,6-7H2,1-5H3/t10-,13-/m1/s1. The lowest BCUT2D eigenvalue weighted by atomic mass is 10.1. The molecule has 0 aliphatic heterocycles. The average Bonchev–Trinajstić information content (AvgIpc) is 1.99. The van der Waals surface area contributed by atoms with Gasteiger partial charge in [-0.1, -0.05) is 27.7 Å². The minimum Gasteiger partial charge on any atom is -0.253 e. The van der Waals surface area contributed by atoms with Gasteiger partial charge in [0.05, 0.1) is 0 Å². The van der Waals surface area contributed by atoms with Crippen molar-refractivity contribution in [2.75, 3.05) is 5.75 Å². The van der Waals surface area contributed by atoms with Gasteiger partial charge in [0.25, 0.3) is 0 Å². The SMILES string of the molecule is CC(C)CC[S@@](=N)(=O)[C@H](C)C(C)C. The van der Waals surface area contributed by atoms with E-state index in [1.165, 1.54) is 0 Å². The highest BCUT2D eigenvalue weighted by atomic mass is 32.2. The second-order valence-electron chi connectivity index (χ2n) is 4.56. The van der Waals surface area contributed by atoms with Gasteiger partial charge in [0.15, 0.2) is 0 Å². The maximum Gasteiger partial charge on any atom is 0.0470 e. The monoisotopic (exact) mass is 205 g/mol. The fourth-order valence-corrected chi connectivity index (χ4v) is 3.11. The Hall–Kier alpha value is -0.0500. The quantitative estimate of drug-likeness (QED) is 0.736. The van der Waals surface area contributed by atoms with Crippen molar-refractivity contribution < 1.29 is 4.21 Å². The van der Waals surface area contributed by atoms with Gasteiger partial charge >= 0.3 is 0 Å². The van der Waals surface area contributed by atoms with E-state index in [0.29, 0.717) is 17.6 Å². The smallest absolute Gasteiger partial charge is 0.0470 e. The summed E-state index contributed by atoms with van der Waals surface area (Å²) in [5.41, 5.74) is 0. The normalized spacial score (nSPS) is 19.0. The lowest BCUT2D eigenvalue weighted by molar-refractivity contribution is 0.580. The topological polar surface area (TPSA) is 40.9 Å². The summed E-state index contributed by atoms with van der Waals surface area (Å²) in [5.74, 6) is 1.45. The van der Waals surface area contributed by atoms with Gasteiger partial charge in [0.1, 0.15) is 0 Å². The van der Waals surface area contributed by atoms with Gasteiger partial charge in [0, 0.05) is 20.7 Å². The van der Waals surface area contributed by atoms with Crippen LogP contribution < -0.4 is 0 Å². The molecule has 80 valence electrons. The summed E-state index contributed by atoms with van der Waals surface area (Å²) in [6.45, 7) is 10.2. The first-order valence-corrected chi connectivity index (χ1v) is 6.81. The molecule has 0 radical (unpaired) electrons. The molecule has 2 atom stereocenters. The summed E-state index contributed by atoms with van der Waals surface area (Å²) in [6.07, 6.45) is 0.902. The molecule has 13 heavy (non-hydrogen) atoms. The van der Waals surface area contributed by atoms with Crippen molar-refractivity contribution in [2.24, 2.45) is 11.8 Å². The predicted molar refractivity (Wildman–Crippen MR) is 59.5 cm³/mol. The van der Waals surface area contributed by atoms with Crippen LogP contribution >= 0.6 is 0 Å². The van der Waals surface area contributed by atoms with E-state index in [-0.39, 0.29) is 5.25 Å². The third-order valence-corrected chi connectivity index (χ3v) is 5.13. The molecule has 0 unspecified atom stereocenters. The van der Waals surface area contributed by atoms with E-state index >= 15 is 0 Å². The molecule has 0 rings (SSSR count). The molecule has 0 aromatic carbocycles. The Balaban J connectivity index is 4.24. The fraction of sp³-hybridized carbons (Fsp3) is 1.00. The Labute approximate surface area is 83.1 Å². The van der Waals surface area contributed by atoms with E-state index in [4.69, 9.17) is 4.78 Å². The highest BCUT2D eigenvalue weighted by molar-refractivity contribution is 7.93. The van der Waals surface area contributed by atoms with E-state index in [1.54, 1.807) is 0 Å². The molecule has 0 heterocycles. The summed E-state index contributed by atoms with van der Waals surface area (Å²) in [6, 6.07) is 0. The predicted octanol–water partition coefficient (Wildman–Crippen LogP) is 3.12. The van der Waals surface area contributed by atoms with Crippen molar-refractivity contribution in [1.29, 1.82) is 4.78 Å². The van der Waals surface area contributed by atoms with Crippen LogP contribution in [0.25, 0.3) is 0 Å². The number of nitrogens with one attached hydrogen (secondary N) is 1. The van der Waals surface area contributed by atoms with Crippen molar-refractivity contribution in [2.45, 2.75) is 46.3 Å². The zero-order valence-corrected chi connectivity index (χ0v) is 10.3. The first kappa shape index (κ1) is 12.9. The Morgan fingerprint density at radius 2 is 1.62 bits per heavy atom. The molecule has 0 fully saturated rings. The molecule has 0 amide bonds. The first-order chi connectivity index (χ1) is 5.77. The molecular formula is C10H23NOS. The minimum absolute atomic E-state index is 0.0197. The molecule has 0 aromatic rings. The van der Waals surface area contributed by atoms with Crippen LogP contribution in [0.2, 0.25) is 0 Å². The van der Waals surface area contributed by atoms with Crippen LogP contribution in [0.4, 0.5) is 0 Å². The van der Waals surface area contributed by atoms with Crippen LogP contribution in [0.5, 0.6) is 0 Å². The van der Waals surface area contributed by atoms with Gasteiger partial charge < -0.3 is 0 Å². The molecule has 1 N–H and O–H groups in total. The van der Waals surface area contributed by atoms with Crippen LogP contribution in [-0.2, 0) is 9.73 Å². The maximum absolute atomic E-state index is 11.9. The first-order valence-electron chi connectivity index (χ1n) is 5.02. The molecule has 0 saturated carbocycles. The molecule has 0 aliphatic rings. The highest BCUT2D eigenvalue weighted by Crippen LogP contribution is 2.15. The largest absolute Gasteiger partial charge is 0.253 e. The van der Waals surface area contributed by atoms with Gasteiger partial charge in [-0.15, -0.1) is 0 Å². The molecular weight excluding hydrogens is 182 g/mol. The van der Waals surface area contributed by atoms with Crippen molar-refractivity contribution in [3.8, 4) is 0 Å². The molecule has 0 bridgehead atoms. The van der Waals surface area contributed by atoms with E-state index < -0.39 is 9.73 Å². The lowest BCUT2D eigenvalue weighted by Crippen LogP contribution is -2.25. The van der Waals surface area contributed by atoms with Crippen LogP contribution in [0, 0.1) is 16.6 Å². The molecule has 0 saturated heterocycles. The van der Waals surface area contributed by atoms with Crippen molar-refractivity contribution in [1.82, 2.24) is 0 Å². The van der Waals surface area contributed by atoms with Crippen LogP contribution in [0.15, 0.2) is 0 Å². The average molecular weight is 205 g/mol. The van der Waals surface area contributed by atoms with E-state index in [0.717, 1.165) is 6.42 Å². The molecule has 2 nitrogen and oxygen atoms in total. The highest BCUT2D eigenvalue weighted by Gasteiger charge is 2.19. The Kier molecular flexibility index (Phi) is 4.97. The van der Waals surface area contributed by atoms with E-state index in [2.05, 4.69) is 13.8 Å². The fourth-order valence-electron chi connectivity index (χ4n) is 1.04. The molecule has 0 aromatic heterocycles. The Bertz CT molecular complexity index is 229. The number of rotatable bonds is 5. The maximum atomic E-state index is 11.9. The summed E-state index contributed by atoms with van der Waals surface area (Å²) in [7, 11) is -2.35. The molecule has 0 aliphatic carbocycles. The summed E-state index contributed by atoms with van der Waals surface area (Å²) < 4.78 is 19.7. The third kappa shape index (κ3) is 4.65. The Morgan fingerprint density at radius 3 is 1.92 bits per heavy atom. The van der Waals surface area contributed by atoms with Gasteiger partial charge in [-0.3, -0.25) is 4.78 Å². The second-order valence-corrected chi connectivity index (χ2v) is 7.17. The van der Waals surface area contributed by atoms with E-state index in [9.17, 15) is 4.21 Å². The van der Waals surface area contributed by atoms with Crippen molar-refractivity contribution in [3.63, 3.8) is 0 Å². The zero-order valence-electron chi connectivity index (χ0n) is 9.46. The van der Waals surface area contributed by atoms with Crippen molar-refractivity contribution in [3.05, 3.63) is 0 Å². The van der Waals surface area contributed by atoms with Crippen molar-refractivity contribution >= 4 is 9.73 Å². The van der Waals surface area contributed by atoms with Crippen LogP contribution in [-0.4, -0.2) is 15.2 Å². The number of hydrogen-bond acceptors (Lipinski definition) is 2. The van der Waals surface area contributed by atoms with Gasteiger partial charge in [-0.25, -0.2) is 4.21 Å².